The number of likely N-dealkylation sites (tertiary alicyclic amines) is 1. The molecule has 2 aliphatic heterocycles. The van der Waals surface area contributed by atoms with Gasteiger partial charge in [0.25, 0.3) is 5.91 Å². The minimum Gasteiger partial charge on any atom is -0.456 e. The molecule has 2 fully saturated rings. The van der Waals surface area contributed by atoms with Gasteiger partial charge in [-0.05, 0) is 37.1 Å². The number of hydrogen-bond donors (Lipinski definition) is 1. The van der Waals surface area contributed by atoms with Gasteiger partial charge in [0.05, 0.1) is 31.0 Å². The molecule has 26 heavy (non-hydrogen) atoms. The molecule has 0 aromatic carbocycles. The molecule has 0 bridgehead atoms. The number of carbonyl (C=O) groups excluding carboxylic acids is 2. The van der Waals surface area contributed by atoms with Crippen molar-refractivity contribution < 1.29 is 18.7 Å². The summed E-state index contributed by atoms with van der Waals surface area (Å²) >= 11 is 0. The van der Waals surface area contributed by atoms with Crippen LogP contribution in [-0.2, 0) is 9.53 Å². The molecule has 2 aliphatic rings. The van der Waals surface area contributed by atoms with Crippen LogP contribution < -0.4 is 5.32 Å². The van der Waals surface area contributed by atoms with E-state index in [1.165, 1.54) is 0 Å². The SMILES string of the molecule is Cc1ccc(C(=O)N2C[C@@H]3COC[C@@H](C(=O)Nc4cccnc4)[C@@H]3C2)o1. The highest BCUT2D eigenvalue weighted by atomic mass is 16.5. The first kappa shape index (κ1) is 16.8. The molecule has 0 aliphatic carbocycles. The number of hydrogen-bond acceptors (Lipinski definition) is 5. The molecule has 7 heteroatoms. The van der Waals surface area contributed by atoms with Crippen molar-refractivity contribution in [3.05, 3.63) is 48.2 Å². The zero-order chi connectivity index (χ0) is 18.1. The van der Waals surface area contributed by atoms with E-state index in [9.17, 15) is 9.59 Å². The van der Waals surface area contributed by atoms with Crippen molar-refractivity contribution in [1.29, 1.82) is 0 Å². The Balaban J connectivity index is 1.46. The van der Waals surface area contributed by atoms with E-state index in [0.717, 1.165) is 0 Å². The number of anilines is 1. The minimum absolute atomic E-state index is 0.0837. The topological polar surface area (TPSA) is 84.7 Å². The van der Waals surface area contributed by atoms with E-state index in [2.05, 4.69) is 10.3 Å². The molecule has 4 rings (SSSR count). The van der Waals surface area contributed by atoms with Gasteiger partial charge in [0.1, 0.15) is 5.76 Å². The third-order valence-corrected chi connectivity index (χ3v) is 5.14. The Morgan fingerprint density at radius 2 is 2.12 bits per heavy atom. The van der Waals surface area contributed by atoms with Gasteiger partial charge in [0.15, 0.2) is 5.76 Å². The summed E-state index contributed by atoms with van der Waals surface area (Å²) in [5.74, 6) is 0.800. The first-order valence-electron chi connectivity index (χ1n) is 8.76. The summed E-state index contributed by atoms with van der Waals surface area (Å²) in [4.78, 5) is 31.2. The standard InChI is InChI=1S/C19H21N3O4/c1-12-4-5-17(26-12)19(24)22-8-13-10-25-11-16(15(13)9-22)18(23)21-14-3-2-6-20-7-14/h2-7,13,15-16H,8-11H2,1H3,(H,21,23)/t13-,15-,16-/m1/s1. The van der Waals surface area contributed by atoms with Crippen molar-refractivity contribution in [2.24, 2.45) is 17.8 Å². The number of carbonyl (C=O) groups is 2. The maximum Gasteiger partial charge on any atom is 0.289 e. The van der Waals surface area contributed by atoms with Crippen LogP contribution in [0, 0.1) is 24.7 Å². The second-order valence-corrected chi connectivity index (χ2v) is 6.92. The van der Waals surface area contributed by atoms with Gasteiger partial charge in [-0.15, -0.1) is 0 Å². The fourth-order valence-electron chi connectivity index (χ4n) is 3.81. The van der Waals surface area contributed by atoms with E-state index >= 15 is 0 Å². The number of amides is 2. The first-order valence-corrected chi connectivity index (χ1v) is 8.76. The maximum atomic E-state index is 12.7. The molecule has 0 spiro atoms. The van der Waals surface area contributed by atoms with Crippen molar-refractivity contribution in [3.8, 4) is 0 Å². The van der Waals surface area contributed by atoms with Crippen LogP contribution in [0.5, 0.6) is 0 Å². The Labute approximate surface area is 151 Å². The van der Waals surface area contributed by atoms with Crippen molar-refractivity contribution >= 4 is 17.5 Å². The molecule has 1 N–H and O–H groups in total. The second kappa shape index (κ2) is 6.92. The van der Waals surface area contributed by atoms with Gasteiger partial charge in [0.2, 0.25) is 5.91 Å². The van der Waals surface area contributed by atoms with E-state index < -0.39 is 0 Å². The number of furan rings is 1. The number of nitrogens with zero attached hydrogens (tertiary/aromatic N) is 2. The first-order chi connectivity index (χ1) is 12.6. The predicted molar refractivity (Wildman–Crippen MR) is 93.5 cm³/mol. The Hall–Kier alpha value is -2.67. The van der Waals surface area contributed by atoms with Crippen LogP contribution in [-0.4, -0.2) is 48.0 Å². The summed E-state index contributed by atoms with van der Waals surface area (Å²) in [6, 6.07) is 7.05. The van der Waals surface area contributed by atoms with E-state index in [4.69, 9.17) is 9.15 Å². The Bertz CT molecular complexity index is 804. The van der Waals surface area contributed by atoms with Crippen LogP contribution >= 0.6 is 0 Å². The fraction of sp³-hybridized carbons (Fsp3) is 0.421. The predicted octanol–water partition coefficient (Wildman–Crippen LogP) is 1.96. The molecule has 0 saturated carbocycles. The molecular formula is C19H21N3O4. The molecule has 136 valence electrons. The Morgan fingerprint density at radius 1 is 1.23 bits per heavy atom. The van der Waals surface area contributed by atoms with Crippen LogP contribution in [0.4, 0.5) is 5.69 Å². The summed E-state index contributed by atoms with van der Waals surface area (Å²) in [6.45, 7) is 3.88. The highest BCUT2D eigenvalue weighted by molar-refractivity contribution is 5.94. The number of pyridine rings is 1. The average molecular weight is 355 g/mol. The second-order valence-electron chi connectivity index (χ2n) is 6.92. The summed E-state index contributed by atoms with van der Waals surface area (Å²) in [5.41, 5.74) is 0.664. The Morgan fingerprint density at radius 3 is 2.85 bits per heavy atom. The summed E-state index contributed by atoms with van der Waals surface area (Å²) in [5, 5.41) is 2.90. The fourth-order valence-corrected chi connectivity index (χ4v) is 3.81. The lowest BCUT2D eigenvalue weighted by molar-refractivity contribution is -0.128. The molecule has 2 saturated heterocycles. The zero-order valence-corrected chi connectivity index (χ0v) is 14.6. The van der Waals surface area contributed by atoms with Gasteiger partial charge in [-0.25, -0.2) is 0 Å². The molecule has 7 nitrogen and oxygen atoms in total. The van der Waals surface area contributed by atoms with Crippen molar-refractivity contribution in [3.63, 3.8) is 0 Å². The van der Waals surface area contributed by atoms with Crippen LogP contribution in [0.3, 0.4) is 0 Å². The van der Waals surface area contributed by atoms with E-state index in [1.807, 2.05) is 6.92 Å². The molecule has 2 amide bonds. The molecule has 4 heterocycles. The van der Waals surface area contributed by atoms with E-state index in [1.54, 1.807) is 41.6 Å². The van der Waals surface area contributed by atoms with Gasteiger partial charge in [0, 0.05) is 25.2 Å². The van der Waals surface area contributed by atoms with Crippen molar-refractivity contribution in [2.75, 3.05) is 31.6 Å². The summed E-state index contributed by atoms with van der Waals surface area (Å²) in [6.07, 6.45) is 3.27. The number of aryl methyl sites for hydroxylation is 1. The number of fused-ring (bicyclic) bond motifs is 1. The summed E-state index contributed by atoms with van der Waals surface area (Å²) in [7, 11) is 0. The lowest BCUT2D eigenvalue weighted by Gasteiger charge is -2.31. The lowest BCUT2D eigenvalue weighted by atomic mass is 9.82. The number of nitrogens with one attached hydrogen (secondary N) is 1. The normalized spacial score (nSPS) is 25.0. The van der Waals surface area contributed by atoms with Crippen molar-refractivity contribution in [2.45, 2.75) is 6.92 Å². The monoisotopic (exact) mass is 355 g/mol. The number of ether oxygens (including phenoxy) is 1. The molecule has 0 unspecified atom stereocenters. The molecule has 3 atom stereocenters. The van der Waals surface area contributed by atoms with Gasteiger partial charge in [-0.1, -0.05) is 0 Å². The van der Waals surface area contributed by atoms with Crippen molar-refractivity contribution in [1.82, 2.24) is 9.88 Å². The number of aromatic nitrogens is 1. The van der Waals surface area contributed by atoms with Crippen LogP contribution in [0.15, 0.2) is 41.1 Å². The highest BCUT2D eigenvalue weighted by Crippen LogP contribution is 2.35. The third-order valence-electron chi connectivity index (χ3n) is 5.14. The van der Waals surface area contributed by atoms with E-state index in [-0.39, 0.29) is 29.6 Å². The van der Waals surface area contributed by atoms with Gasteiger partial charge in [-0.3, -0.25) is 14.6 Å². The maximum absolute atomic E-state index is 12.7. The lowest BCUT2D eigenvalue weighted by Crippen LogP contribution is -2.42. The average Bonchev–Trinajstić information content (AvgIpc) is 3.27. The Kier molecular flexibility index (Phi) is 4.46. The zero-order valence-electron chi connectivity index (χ0n) is 14.6. The molecule has 0 radical (unpaired) electrons. The molecule has 2 aromatic rings. The highest BCUT2D eigenvalue weighted by Gasteiger charge is 2.45. The quantitative estimate of drug-likeness (QED) is 0.910. The molecule has 2 aromatic heterocycles. The third kappa shape index (κ3) is 3.22. The largest absolute Gasteiger partial charge is 0.456 e. The van der Waals surface area contributed by atoms with E-state index in [0.29, 0.717) is 43.5 Å². The van der Waals surface area contributed by atoms with Gasteiger partial charge >= 0.3 is 0 Å². The van der Waals surface area contributed by atoms with Crippen LogP contribution in [0.25, 0.3) is 0 Å². The van der Waals surface area contributed by atoms with Crippen LogP contribution in [0.2, 0.25) is 0 Å². The smallest absolute Gasteiger partial charge is 0.289 e. The van der Waals surface area contributed by atoms with Gasteiger partial charge in [-0.2, -0.15) is 0 Å². The van der Waals surface area contributed by atoms with Gasteiger partial charge < -0.3 is 19.4 Å². The molecular weight excluding hydrogens is 334 g/mol. The van der Waals surface area contributed by atoms with Crippen LogP contribution in [0.1, 0.15) is 16.3 Å². The summed E-state index contributed by atoms with van der Waals surface area (Å²) < 4.78 is 11.1. The number of rotatable bonds is 3. The minimum atomic E-state index is -0.287.